The Balaban J connectivity index is 0.823. The standard InChI is InChI=1S/C58H62N4O6/c59-41-43-15-19-45(20-16-43)47-23-29-51(30-24-47)65-35-11-7-3-1-5-9-13-37-67-57(63)55-39-49(61)27-33-53(55)54-34-28-50(62)40-56(54)58(64)68-38-14-10-6-2-4-8-12-36-66-52-31-25-48(26-32-52)46-21-17-44(42-60)18-22-46/h15-34,39-40H,1-14,35-38,61-62H2. The summed E-state index contributed by atoms with van der Waals surface area (Å²) in [7, 11) is 0. The molecule has 0 aliphatic rings. The quantitative estimate of drug-likeness (QED) is 0.0288. The highest BCUT2D eigenvalue weighted by atomic mass is 16.5. The van der Waals surface area contributed by atoms with Crippen LogP contribution in [0.3, 0.4) is 0 Å². The average Bonchev–Trinajstić information content (AvgIpc) is 3.37. The summed E-state index contributed by atoms with van der Waals surface area (Å²) in [6.07, 6.45) is 14.0. The molecule has 0 heterocycles. The van der Waals surface area contributed by atoms with Crippen molar-refractivity contribution in [3.63, 3.8) is 0 Å². The normalized spacial score (nSPS) is 10.7. The molecule has 0 radical (unpaired) electrons. The number of esters is 2. The van der Waals surface area contributed by atoms with Crippen LogP contribution in [0.15, 0.2) is 133 Å². The summed E-state index contributed by atoms with van der Waals surface area (Å²) in [6.45, 7) is 1.90. The Labute approximate surface area is 401 Å². The van der Waals surface area contributed by atoms with Gasteiger partial charge in [-0.1, -0.05) is 125 Å². The van der Waals surface area contributed by atoms with Crippen LogP contribution in [-0.4, -0.2) is 38.4 Å². The van der Waals surface area contributed by atoms with Crippen LogP contribution in [0.5, 0.6) is 11.5 Å². The van der Waals surface area contributed by atoms with Gasteiger partial charge in [0.25, 0.3) is 0 Å². The number of ether oxygens (including phenoxy) is 4. The van der Waals surface area contributed by atoms with E-state index >= 15 is 0 Å². The molecule has 6 rings (SSSR count). The van der Waals surface area contributed by atoms with Gasteiger partial charge < -0.3 is 30.4 Å². The summed E-state index contributed by atoms with van der Waals surface area (Å²) in [5.74, 6) is 0.706. The fourth-order valence-electron chi connectivity index (χ4n) is 7.93. The predicted molar refractivity (Wildman–Crippen MR) is 270 cm³/mol. The van der Waals surface area contributed by atoms with Crippen LogP contribution in [0.1, 0.15) is 122 Å². The monoisotopic (exact) mass is 910 g/mol. The molecule has 6 aromatic rings. The smallest absolute Gasteiger partial charge is 0.338 e. The van der Waals surface area contributed by atoms with Gasteiger partial charge in [-0.25, -0.2) is 9.59 Å². The van der Waals surface area contributed by atoms with E-state index in [1.165, 1.54) is 0 Å². The number of hydrogen-bond donors (Lipinski definition) is 2. The van der Waals surface area contributed by atoms with Crippen molar-refractivity contribution in [2.45, 2.75) is 89.9 Å². The van der Waals surface area contributed by atoms with Crippen LogP contribution in [0.25, 0.3) is 33.4 Å². The molecule has 0 aliphatic carbocycles. The molecule has 0 bridgehead atoms. The third kappa shape index (κ3) is 15.8. The second kappa shape index (κ2) is 27.2. The maximum atomic E-state index is 13.4. The lowest BCUT2D eigenvalue weighted by atomic mass is 9.94. The number of nitriles is 2. The molecular weight excluding hydrogens is 849 g/mol. The number of anilines is 2. The van der Waals surface area contributed by atoms with Crippen LogP contribution >= 0.6 is 0 Å². The second-order valence-electron chi connectivity index (χ2n) is 17.0. The molecule has 0 saturated heterocycles. The first-order valence-electron chi connectivity index (χ1n) is 23.9. The van der Waals surface area contributed by atoms with Gasteiger partial charge in [0.2, 0.25) is 0 Å². The first kappa shape index (κ1) is 49.9. The lowest BCUT2D eigenvalue weighted by Gasteiger charge is -2.15. The Hall–Kier alpha value is -7.56. The molecule has 6 aromatic carbocycles. The Morgan fingerprint density at radius 2 is 0.676 bits per heavy atom. The number of rotatable bonds is 27. The van der Waals surface area contributed by atoms with Gasteiger partial charge in [-0.05, 0) is 132 Å². The van der Waals surface area contributed by atoms with Crippen LogP contribution in [0.4, 0.5) is 11.4 Å². The van der Waals surface area contributed by atoms with Gasteiger partial charge in [0, 0.05) is 11.4 Å². The Morgan fingerprint density at radius 1 is 0.382 bits per heavy atom. The zero-order valence-electron chi connectivity index (χ0n) is 38.9. The molecule has 0 saturated carbocycles. The van der Waals surface area contributed by atoms with E-state index in [1.54, 1.807) is 36.4 Å². The van der Waals surface area contributed by atoms with E-state index in [2.05, 4.69) is 12.1 Å². The molecule has 0 fully saturated rings. The maximum absolute atomic E-state index is 13.4. The molecule has 10 nitrogen and oxygen atoms in total. The fourth-order valence-corrected chi connectivity index (χ4v) is 7.93. The minimum absolute atomic E-state index is 0.286. The van der Waals surface area contributed by atoms with Gasteiger partial charge >= 0.3 is 11.9 Å². The van der Waals surface area contributed by atoms with Crippen molar-refractivity contribution in [1.82, 2.24) is 0 Å². The van der Waals surface area contributed by atoms with Crippen molar-refractivity contribution in [3.05, 3.63) is 156 Å². The first-order valence-corrected chi connectivity index (χ1v) is 23.9. The summed E-state index contributed by atoms with van der Waals surface area (Å²) in [4.78, 5) is 26.8. The fraction of sp³-hybridized carbons (Fsp3) is 0.310. The van der Waals surface area contributed by atoms with Crippen LogP contribution in [0.2, 0.25) is 0 Å². The minimum atomic E-state index is -0.494. The maximum Gasteiger partial charge on any atom is 0.338 e. The third-order valence-corrected chi connectivity index (χ3v) is 11.8. The highest BCUT2D eigenvalue weighted by Crippen LogP contribution is 2.32. The number of nitrogen functional groups attached to an aromatic ring is 2. The van der Waals surface area contributed by atoms with Crippen molar-refractivity contribution in [3.8, 4) is 57.0 Å². The molecule has 4 N–H and O–H groups in total. The number of benzene rings is 6. The summed E-state index contributed by atoms with van der Waals surface area (Å²) in [6, 6.07) is 45.5. The summed E-state index contributed by atoms with van der Waals surface area (Å²) < 4.78 is 23.3. The average molecular weight is 911 g/mol. The summed E-state index contributed by atoms with van der Waals surface area (Å²) in [5, 5.41) is 18.0. The number of nitrogens with zero attached hydrogens (tertiary/aromatic N) is 2. The van der Waals surface area contributed by atoms with E-state index < -0.39 is 11.9 Å². The van der Waals surface area contributed by atoms with E-state index in [1.807, 2.05) is 97.1 Å². The van der Waals surface area contributed by atoms with Crippen LogP contribution in [-0.2, 0) is 9.47 Å². The van der Waals surface area contributed by atoms with Crippen molar-refractivity contribution < 1.29 is 28.5 Å². The number of nitrogens with two attached hydrogens (primary N) is 2. The van der Waals surface area contributed by atoms with Crippen molar-refractivity contribution in [2.24, 2.45) is 0 Å². The molecular formula is C58H62N4O6. The molecule has 0 spiro atoms. The Morgan fingerprint density at radius 3 is 1.00 bits per heavy atom. The lowest BCUT2D eigenvalue weighted by Crippen LogP contribution is -2.12. The van der Waals surface area contributed by atoms with E-state index in [0.717, 1.165) is 124 Å². The second-order valence-corrected chi connectivity index (χ2v) is 17.0. The molecule has 10 heteroatoms. The Bertz CT molecular complexity index is 2410. The highest BCUT2D eigenvalue weighted by Gasteiger charge is 2.21. The molecule has 0 amide bonds. The van der Waals surface area contributed by atoms with E-state index in [-0.39, 0.29) is 24.3 Å². The van der Waals surface area contributed by atoms with Gasteiger partial charge in [-0.15, -0.1) is 0 Å². The van der Waals surface area contributed by atoms with Crippen LogP contribution < -0.4 is 20.9 Å². The predicted octanol–water partition coefficient (Wildman–Crippen LogP) is 13.5. The van der Waals surface area contributed by atoms with Gasteiger partial charge in [0.05, 0.1) is 60.8 Å². The largest absolute Gasteiger partial charge is 0.494 e. The van der Waals surface area contributed by atoms with Crippen molar-refractivity contribution in [1.29, 1.82) is 10.5 Å². The first-order chi connectivity index (χ1) is 33.3. The molecule has 68 heavy (non-hydrogen) atoms. The molecule has 0 atom stereocenters. The zero-order chi connectivity index (χ0) is 47.8. The van der Waals surface area contributed by atoms with Gasteiger partial charge in [0.1, 0.15) is 11.5 Å². The lowest BCUT2D eigenvalue weighted by molar-refractivity contribution is 0.0486. The van der Waals surface area contributed by atoms with Gasteiger partial charge in [0.15, 0.2) is 0 Å². The molecule has 0 aromatic heterocycles. The number of unbranched alkanes of at least 4 members (excludes halogenated alkanes) is 12. The van der Waals surface area contributed by atoms with Crippen molar-refractivity contribution in [2.75, 3.05) is 37.9 Å². The highest BCUT2D eigenvalue weighted by molar-refractivity contribution is 6.04. The van der Waals surface area contributed by atoms with Crippen molar-refractivity contribution >= 4 is 23.3 Å². The summed E-state index contributed by atoms with van der Waals surface area (Å²) in [5.41, 5.74) is 20.3. The number of hydrogen-bond acceptors (Lipinski definition) is 10. The van der Waals surface area contributed by atoms with E-state index in [9.17, 15) is 9.59 Å². The zero-order valence-corrected chi connectivity index (χ0v) is 38.9. The van der Waals surface area contributed by atoms with E-state index in [0.29, 0.717) is 46.8 Å². The van der Waals surface area contributed by atoms with Crippen LogP contribution in [0, 0.1) is 22.7 Å². The Kier molecular flexibility index (Phi) is 19.9. The van der Waals surface area contributed by atoms with Gasteiger partial charge in [-0.3, -0.25) is 0 Å². The number of carbonyl (C=O) groups excluding carboxylic acids is 2. The molecule has 0 aliphatic heterocycles. The topological polar surface area (TPSA) is 171 Å². The third-order valence-electron chi connectivity index (χ3n) is 11.8. The summed E-state index contributed by atoms with van der Waals surface area (Å²) >= 11 is 0. The van der Waals surface area contributed by atoms with Gasteiger partial charge in [-0.2, -0.15) is 10.5 Å². The SMILES string of the molecule is N#Cc1ccc(-c2ccc(OCCCCCCCCCOC(=O)c3cc(N)ccc3-c3ccc(N)cc3C(=O)OCCCCCCCCCOc3ccc(-c4ccc(C#N)cc4)cc3)cc2)cc1. The molecule has 350 valence electrons. The van der Waals surface area contributed by atoms with E-state index in [4.69, 9.17) is 40.9 Å². The minimum Gasteiger partial charge on any atom is -0.494 e. The molecule has 0 unspecified atom stereocenters. The number of carbonyl (C=O) groups is 2.